The lowest BCUT2D eigenvalue weighted by Gasteiger charge is -2.26. The van der Waals surface area contributed by atoms with Crippen LogP contribution in [-0.4, -0.2) is 6.54 Å². The molecule has 0 saturated heterocycles. The van der Waals surface area contributed by atoms with Gasteiger partial charge >= 0.3 is 0 Å². The van der Waals surface area contributed by atoms with Crippen molar-refractivity contribution in [1.29, 1.82) is 0 Å². The molecule has 3 heteroatoms. The molecule has 100 valence electrons. The zero-order valence-electron chi connectivity index (χ0n) is 11.3. The second-order valence-electron chi connectivity index (χ2n) is 5.35. The summed E-state index contributed by atoms with van der Waals surface area (Å²) >= 11 is 6.22. The van der Waals surface area contributed by atoms with Gasteiger partial charge in [0.15, 0.2) is 0 Å². The van der Waals surface area contributed by atoms with E-state index in [-0.39, 0.29) is 11.9 Å². The fraction of sp³-hybridized carbons (Fsp3) is 0.600. The zero-order chi connectivity index (χ0) is 13.3. The van der Waals surface area contributed by atoms with E-state index in [9.17, 15) is 4.39 Å². The van der Waals surface area contributed by atoms with Crippen molar-refractivity contribution in [2.24, 2.45) is 11.8 Å². The summed E-state index contributed by atoms with van der Waals surface area (Å²) in [6.45, 7) is 7.05. The number of nitrogens with one attached hydrogen (secondary N) is 1. The van der Waals surface area contributed by atoms with Crippen molar-refractivity contribution >= 4 is 11.6 Å². The van der Waals surface area contributed by atoms with Gasteiger partial charge in [0.2, 0.25) is 0 Å². The lowest BCUT2D eigenvalue weighted by Crippen LogP contribution is -2.28. The molecule has 1 N–H and O–H groups in total. The Kier molecular flexibility index (Phi) is 4.29. The first-order valence-electron chi connectivity index (χ1n) is 6.73. The third-order valence-corrected chi connectivity index (χ3v) is 4.26. The summed E-state index contributed by atoms with van der Waals surface area (Å²) in [6.07, 6.45) is 2.61. The van der Waals surface area contributed by atoms with E-state index in [1.807, 2.05) is 6.07 Å². The third-order valence-electron chi connectivity index (χ3n) is 3.93. The Labute approximate surface area is 114 Å². The Balaban J connectivity index is 2.32. The van der Waals surface area contributed by atoms with Crippen LogP contribution in [0.15, 0.2) is 12.1 Å². The molecule has 0 bridgehead atoms. The summed E-state index contributed by atoms with van der Waals surface area (Å²) in [5, 5.41) is 4.04. The zero-order valence-corrected chi connectivity index (χ0v) is 12.0. The molecule has 0 spiro atoms. The van der Waals surface area contributed by atoms with Crippen molar-refractivity contribution in [1.82, 2.24) is 5.32 Å². The van der Waals surface area contributed by atoms with Crippen molar-refractivity contribution in [3.63, 3.8) is 0 Å². The highest BCUT2D eigenvalue weighted by Crippen LogP contribution is 2.44. The molecule has 1 aromatic carbocycles. The monoisotopic (exact) mass is 269 g/mol. The predicted octanol–water partition coefficient (Wildman–Crippen LogP) is 4.48. The van der Waals surface area contributed by atoms with Crippen LogP contribution in [-0.2, 0) is 0 Å². The van der Waals surface area contributed by atoms with Gasteiger partial charge in [-0.2, -0.15) is 0 Å². The summed E-state index contributed by atoms with van der Waals surface area (Å²) < 4.78 is 13.5. The van der Waals surface area contributed by atoms with E-state index >= 15 is 0 Å². The normalized spacial score (nSPS) is 18.7. The van der Waals surface area contributed by atoms with Crippen LogP contribution in [0.2, 0.25) is 5.02 Å². The predicted molar refractivity (Wildman–Crippen MR) is 74.5 cm³/mol. The van der Waals surface area contributed by atoms with Crippen LogP contribution >= 0.6 is 11.6 Å². The number of benzene rings is 1. The average molecular weight is 270 g/mol. The van der Waals surface area contributed by atoms with Gasteiger partial charge in [0, 0.05) is 11.1 Å². The number of aryl methyl sites for hydroxylation is 1. The van der Waals surface area contributed by atoms with Gasteiger partial charge in [-0.05, 0) is 55.3 Å². The first kappa shape index (κ1) is 13.8. The summed E-state index contributed by atoms with van der Waals surface area (Å²) in [5.74, 6) is 1.11. The van der Waals surface area contributed by atoms with Crippen molar-refractivity contribution < 1.29 is 4.39 Å². The quantitative estimate of drug-likeness (QED) is 0.831. The van der Waals surface area contributed by atoms with Gasteiger partial charge in [0.25, 0.3) is 0 Å². The van der Waals surface area contributed by atoms with Gasteiger partial charge in [-0.15, -0.1) is 0 Å². The molecule has 2 unspecified atom stereocenters. The molecule has 0 aromatic heterocycles. The highest BCUT2D eigenvalue weighted by atomic mass is 35.5. The van der Waals surface area contributed by atoms with E-state index in [0.29, 0.717) is 16.5 Å². The standard InChI is InChI=1S/C15H21ClFN/c1-4-18-15(10(3)11-5-6-11)12-7-9(2)14(17)8-13(12)16/h7-8,10-11,15,18H,4-6H2,1-3H3. The first-order chi connectivity index (χ1) is 8.54. The highest BCUT2D eigenvalue weighted by molar-refractivity contribution is 6.31. The molecule has 2 atom stereocenters. The molecular weight excluding hydrogens is 249 g/mol. The Bertz CT molecular complexity index is 429. The molecule has 0 amide bonds. The van der Waals surface area contributed by atoms with Crippen LogP contribution in [0.3, 0.4) is 0 Å². The Morgan fingerprint density at radius 1 is 1.44 bits per heavy atom. The Morgan fingerprint density at radius 2 is 2.11 bits per heavy atom. The lowest BCUT2D eigenvalue weighted by atomic mass is 9.89. The number of rotatable bonds is 5. The first-order valence-corrected chi connectivity index (χ1v) is 7.11. The van der Waals surface area contributed by atoms with Gasteiger partial charge < -0.3 is 5.32 Å². The maximum absolute atomic E-state index is 13.5. The summed E-state index contributed by atoms with van der Waals surface area (Å²) in [5.41, 5.74) is 1.71. The minimum atomic E-state index is -0.224. The summed E-state index contributed by atoms with van der Waals surface area (Å²) in [4.78, 5) is 0. The molecule has 1 aliphatic rings. The Hall–Kier alpha value is -0.600. The molecule has 1 aromatic rings. The van der Waals surface area contributed by atoms with Crippen LogP contribution in [0, 0.1) is 24.6 Å². The van der Waals surface area contributed by atoms with E-state index in [1.165, 1.54) is 18.9 Å². The van der Waals surface area contributed by atoms with Crippen molar-refractivity contribution in [2.75, 3.05) is 6.54 Å². The molecule has 1 saturated carbocycles. The third kappa shape index (κ3) is 2.86. The molecule has 0 heterocycles. The van der Waals surface area contributed by atoms with Gasteiger partial charge in [-0.3, -0.25) is 0 Å². The van der Waals surface area contributed by atoms with Crippen LogP contribution in [0.5, 0.6) is 0 Å². The SMILES string of the molecule is CCNC(c1cc(C)c(F)cc1Cl)C(C)C1CC1. The van der Waals surface area contributed by atoms with Crippen LogP contribution in [0.25, 0.3) is 0 Å². The molecular formula is C15H21ClFN. The summed E-state index contributed by atoms with van der Waals surface area (Å²) in [7, 11) is 0. The maximum Gasteiger partial charge on any atom is 0.127 e. The fourth-order valence-electron chi connectivity index (χ4n) is 2.61. The molecule has 1 aliphatic carbocycles. The van der Waals surface area contributed by atoms with Crippen molar-refractivity contribution in [2.45, 2.75) is 39.7 Å². The molecule has 1 fully saturated rings. The van der Waals surface area contributed by atoms with Crippen molar-refractivity contribution in [3.8, 4) is 0 Å². The van der Waals surface area contributed by atoms with Crippen molar-refractivity contribution in [3.05, 3.63) is 34.1 Å². The van der Waals surface area contributed by atoms with E-state index < -0.39 is 0 Å². The maximum atomic E-state index is 13.5. The second-order valence-corrected chi connectivity index (χ2v) is 5.76. The van der Waals surface area contributed by atoms with Gasteiger partial charge in [-0.25, -0.2) is 4.39 Å². The van der Waals surface area contributed by atoms with Gasteiger partial charge in [0.05, 0.1) is 0 Å². The number of halogens is 2. The van der Waals surface area contributed by atoms with Crippen LogP contribution in [0.4, 0.5) is 4.39 Å². The van der Waals surface area contributed by atoms with Gasteiger partial charge in [-0.1, -0.05) is 31.5 Å². The topological polar surface area (TPSA) is 12.0 Å². The van der Waals surface area contributed by atoms with E-state index in [2.05, 4.69) is 19.2 Å². The lowest BCUT2D eigenvalue weighted by molar-refractivity contribution is 0.355. The summed E-state index contributed by atoms with van der Waals surface area (Å²) in [6, 6.07) is 3.56. The smallest absolute Gasteiger partial charge is 0.127 e. The molecule has 2 rings (SSSR count). The van der Waals surface area contributed by atoms with Gasteiger partial charge in [0.1, 0.15) is 5.82 Å². The average Bonchev–Trinajstić information content (AvgIpc) is 3.14. The van der Waals surface area contributed by atoms with Crippen LogP contribution in [0.1, 0.15) is 43.9 Å². The Morgan fingerprint density at radius 3 is 2.67 bits per heavy atom. The largest absolute Gasteiger partial charge is 0.310 e. The van der Waals surface area contributed by atoms with Crippen LogP contribution < -0.4 is 5.32 Å². The molecule has 0 aliphatic heterocycles. The highest BCUT2D eigenvalue weighted by Gasteiger charge is 2.34. The molecule has 0 radical (unpaired) electrons. The van der Waals surface area contributed by atoms with E-state index in [4.69, 9.17) is 11.6 Å². The number of hydrogen-bond donors (Lipinski definition) is 1. The number of hydrogen-bond acceptors (Lipinski definition) is 1. The second kappa shape index (κ2) is 5.58. The molecule has 18 heavy (non-hydrogen) atoms. The fourth-order valence-corrected chi connectivity index (χ4v) is 2.88. The van der Waals surface area contributed by atoms with E-state index in [1.54, 1.807) is 6.92 Å². The van der Waals surface area contributed by atoms with E-state index in [0.717, 1.165) is 18.0 Å². The minimum absolute atomic E-state index is 0.224. The minimum Gasteiger partial charge on any atom is -0.310 e. The molecule has 1 nitrogen and oxygen atoms in total.